The van der Waals surface area contributed by atoms with Gasteiger partial charge < -0.3 is 16.0 Å². The third-order valence-electron chi connectivity index (χ3n) is 2.00. The van der Waals surface area contributed by atoms with Crippen LogP contribution in [0.4, 0.5) is 11.8 Å². The van der Waals surface area contributed by atoms with E-state index in [1.54, 1.807) is 13.1 Å². The summed E-state index contributed by atoms with van der Waals surface area (Å²) in [6.07, 6.45) is 0. The van der Waals surface area contributed by atoms with Crippen molar-refractivity contribution in [2.24, 2.45) is 0 Å². The average molecular weight is 264 g/mol. The molecule has 0 atom stereocenters. The van der Waals surface area contributed by atoms with Crippen molar-refractivity contribution in [1.29, 1.82) is 0 Å². The van der Waals surface area contributed by atoms with Gasteiger partial charge in [-0.3, -0.25) is 4.79 Å². The smallest absolute Gasteiger partial charge is 0.253 e. The van der Waals surface area contributed by atoms with E-state index < -0.39 is 0 Å². The van der Waals surface area contributed by atoms with Crippen LogP contribution in [0.1, 0.15) is 5.69 Å². The topological polar surface area (TPSA) is 110 Å². The Balaban J connectivity index is 2.33. The summed E-state index contributed by atoms with van der Waals surface area (Å²) in [7, 11) is 1.74. The van der Waals surface area contributed by atoms with Crippen LogP contribution in [0, 0.1) is 6.92 Å². The molecule has 2 aromatic rings. The molecular formula is C10H12N6OS. The number of aromatic nitrogens is 4. The Hall–Kier alpha value is -2.09. The Bertz CT molecular complexity index is 626. The Labute approximate surface area is 107 Å². The van der Waals surface area contributed by atoms with Crippen LogP contribution < -0.4 is 16.6 Å². The van der Waals surface area contributed by atoms with Crippen molar-refractivity contribution >= 4 is 23.5 Å². The van der Waals surface area contributed by atoms with Crippen molar-refractivity contribution < 1.29 is 0 Å². The monoisotopic (exact) mass is 264 g/mol. The van der Waals surface area contributed by atoms with Crippen molar-refractivity contribution in [2.75, 3.05) is 18.1 Å². The van der Waals surface area contributed by atoms with Gasteiger partial charge in [-0.25, -0.2) is 15.0 Å². The fourth-order valence-corrected chi connectivity index (χ4v) is 2.17. The summed E-state index contributed by atoms with van der Waals surface area (Å²) in [5.74, 6) is 0.699. The van der Waals surface area contributed by atoms with Gasteiger partial charge in [0.15, 0.2) is 5.16 Å². The number of nitrogens with one attached hydrogen (secondary N) is 2. The zero-order chi connectivity index (χ0) is 13.1. The van der Waals surface area contributed by atoms with E-state index in [1.165, 1.54) is 17.8 Å². The van der Waals surface area contributed by atoms with E-state index in [4.69, 9.17) is 5.73 Å². The van der Waals surface area contributed by atoms with Crippen LogP contribution in [0.2, 0.25) is 0 Å². The van der Waals surface area contributed by atoms with E-state index in [0.29, 0.717) is 16.1 Å². The van der Waals surface area contributed by atoms with Crippen LogP contribution in [0.3, 0.4) is 0 Å². The third-order valence-corrected chi connectivity index (χ3v) is 2.80. The van der Waals surface area contributed by atoms with Crippen molar-refractivity contribution in [3.05, 3.63) is 28.2 Å². The Kier molecular flexibility index (Phi) is 3.47. The molecule has 2 aromatic heterocycles. The first-order chi connectivity index (χ1) is 8.56. The molecule has 0 aliphatic rings. The molecule has 0 amide bonds. The van der Waals surface area contributed by atoms with Crippen LogP contribution in [-0.4, -0.2) is 27.0 Å². The maximum Gasteiger partial charge on any atom is 0.253 e. The number of nitrogens with zero attached hydrogens (tertiary/aromatic N) is 3. The highest BCUT2D eigenvalue weighted by Crippen LogP contribution is 2.23. The largest absolute Gasteiger partial charge is 0.383 e. The molecule has 0 aromatic carbocycles. The molecule has 0 saturated carbocycles. The molecule has 2 heterocycles. The molecule has 4 N–H and O–H groups in total. The predicted molar refractivity (Wildman–Crippen MR) is 69.7 cm³/mol. The normalized spacial score (nSPS) is 10.3. The van der Waals surface area contributed by atoms with Crippen molar-refractivity contribution in [3.8, 4) is 0 Å². The lowest BCUT2D eigenvalue weighted by atomic mass is 10.5. The zero-order valence-electron chi connectivity index (χ0n) is 9.89. The van der Waals surface area contributed by atoms with Gasteiger partial charge in [-0.05, 0) is 24.8 Å². The second kappa shape index (κ2) is 5.05. The maximum absolute atomic E-state index is 11.3. The van der Waals surface area contributed by atoms with E-state index in [0.717, 1.165) is 5.69 Å². The van der Waals surface area contributed by atoms with Gasteiger partial charge in [-0.15, -0.1) is 0 Å². The van der Waals surface area contributed by atoms with Crippen LogP contribution in [0.25, 0.3) is 0 Å². The van der Waals surface area contributed by atoms with Crippen LogP contribution >= 0.6 is 11.8 Å². The molecule has 7 nitrogen and oxygen atoms in total. The number of anilines is 2. The summed E-state index contributed by atoms with van der Waals surface area (Å²) < 4.78 is 0. The molecule has 0 saturated heterocycles. The Morgan fingerprint density at radius 2 is 2.11 bits per heavy atom. The molecule has 0 aliphatic carbocycles. The molecule has 0 fully saturated rings. The highest BCUT2D eigenvalue weighted by Gasteiger charge is 2.06. The van der Waals surface area contributed by atoms with Gasteiger partial charge in [0.2, 0.25) is 5.95 Å². The summed E-state index contributed by atoms with van der Waals surface area (Å²) in [4.78, 5) is 26.3. The first-order valence-electron chi connectivity index (χ1n) is 5.15. The van der Waals surface area contributed by atoms with E-state index in [2.05, 4.69) is 25.3 Å². The standard InChI is InChI=1S/C10H12N6OS/c1-5-3-8(16-9(12-2)13-5)18-10-14-6(11)4-7(17)15-10/h3-4H,1-2H3,(H,12,13,16)(H3,11,14,15,17). The van der Waals surface area contributed by atoms with E-state index in [9.17, 15) is 4.79 Å². The lowest BCUT2D eigenvalue weighted by molar-refractivity contribution is 0.934. The van der Waals surface area contributed by atoms with Crippen molar-refractivity contribution in [2.45, 2.75) is 17.1 Å². The molecule has 2 rings (SSSR count). The molecule has 0 bridgehead atoms. The summed E-state index contributed by atoms with van der Waals surface area (Å²) >= 11 is 1.22. The maximum atomic E-state index is 11.3. The van der Waals surface area contributed by atoms with Crippen molar-refractivity contribution in [1.82, 2.24) is 19.9 Å². The van der Waals surface area contributed by atoms with Gasteiger partial charge in [-0.1, -0.05) is 0 Å². The lowest BCUT2D eigenvalue weighted by Gasteiger charge is -2.04. The molecule has 8 heteroatoms. The molecule has 0 unspecified atom stereocenters. The molecule has 0 spiro atoms. The number of hydrogen-bond donors (Lipinski definition) is 3. The third kappa shape index (κ3) is 2.98. The number of hydrogen-bond acceptors (Lipinski definition) is 7. The van der Waals surface area contributed by atoms with Gasteiger partial charge >= 0.3 is 0 Å². The van der Waals surface area contributed by atoms with Gasteiger partial charge in [-0.2, -0.15) is 0 Å². The highest BCUT2D eigenvalue weighted by atomic mass is 32.2. The second-order valence-corrected chi connectivity index (χ2v) is 4.51. The van der Waals surface area contributed by atoms with Crippen LogP contribution in [0.15, 0.2) is 27.1 Å². The Morgan fingerprint density at radius 3 is 2.78 bits per heavy atom. The van der Waals surface area contributed by atoms with E-state index in [1.807, 2.05) is 6.92 Å². The first kappa shape index (κ1) is 12.4. The number of rotatable bonds is 3. The summed E-state index contributed by atoms with van der Waals surface area (Å²) in [6.45, 7) is 1.86. The van der Waals surface area contributed by atoms with Gasteiger partial charge in [0, 0.05) is 18.8 Å². The minimum Gasteiger partial charge on any atom is -0.383 e. The lowest BCUT2D eigenvalue weighted by Crippen LogP contribution is -2.09. The molecular weight excluding hydrogens is 252 g/mol. The van der Waals surface area contributed by atoms with Gasteiger partial charge in [0.05, 0.1) is 0 Å². The number of nitrogens with two attached hydrogens (primary N) is 1. The van der Waals surface area contributed by atoms with E-state index >= 15 is 0 Å². The molecule has 0 radical (unpaired) electrons. The quantitative estimate of drug-likeness (QED) is 0.551. The van der Waals surface area contributed by atoms with Gasteiger partial charge in [0.25, 0.3) is 5.56 Å². The highest BCUT2D eigenvalue weighted by molar-refractivity contribution is 7.99. The van der Waals surface area contributed by atoms with Gasteiger partial charge in [0.1, 0.15) is 10.8 Å². The summed E-state index contributed by atoms with van der Waals surface area (Å²) in [5, 5.41) is 3.95. The summed E-state index contributed by atoms with van der Waals surface area (Å²) in [5.41, 5.74) is 6.04. The van der Waals surface area contributed by atoms with E-state index in [-0.39, 0.29) is 11.4 Å². The number of H-pyrrole nitrogens is 1. The Morgan fingerprint density at radius 1 is 1.33 bits per heavy atom. The number of aryl methyl sites for hydroxylation is 1. The zero-order valence-corrected chi connectivity index (χ0v) is 10.7. The number of nitrogen functional groups attached to an aromatic ring is 1. The fraction of sp³-hybridized carbons (Fsp3) is 0.200. The second-order valence-electron chi connectivity index (χ2n) is 3.50. The predicted octanol–water partition coefficient (Wildman–Crippen LogP) is 0.643. The fourth-order valence-electron chi connectivity index (χ4n) is 1.30. The SMILES string of the molecule is CNc1nc(C)cc(Sc2nc(N)cc(=O)[nH]2)n1. The minimum absolute atomic E-state index is 0.181. The molecule has 94 valence electrons. The average Bonchev–Trinajstić information content (AvgIpc) is 2.26. The van der Waals surface area contributed by atoms with Crippen LogP contribution in [0.5, 0.6) is 0 Å². The molecule has 18 heavy (non-hydrogen) atoms. The molecule has 0 aliphatic heterocycles. The number of aromatic amines is 1. The minimum atomic E-state index is -0.287. The first-order valence-corrected chi connectivity index (χ1v) is 5.96. The van der Waals surface area contributed by atoms with Crippen LogP contribution in [-0.2, 0) is 0 Å². The summed E-state index contributed by atoms with van der Waals surface area (Å²) in [6, 6.07) is 3.03. The van der Waals surface area contributed by atoms with Crippen molar-refractivity contribution in [3.63, 3.8) is 0 Å².